The molecule has 17 heavy (non-hydrogen) atoms. The minimum atomic E-state index is -0.990. The summed E-state index contributed by atoms with van der Waals surface area (Å²) in [6, 6.07) is 5.46. The number of aromatic nitrogens is 2. The van der Waals surface area contributed by atoms with Crippen LogP contribution in [0.25, 0.3) is 5.52 Å². The number of pyridine rings is 1. The molecule has 0 aliphatic heterocycles. The van der Waals surface area contributed by atoms with Crippen molar-refractivity contribution in [2.45, 2.75) is 20.3 Å². The third-order valence-corrected chi connectivity index (χ3v) is 3.10. The average Bonchev–Trinajstić information content (AvgIpc) is 2.57. The van der Waals surface area contributed by atoms with Crippen LogP contribution in [0.1, 0.15) is 30.2 Å². The molecular weight excluding hydrogens is 284 g/mol. The molecule has 0 spiro atoms. The number of carboxylic acids is 1. The van der Waals surface area contributed by atoms with Gasteiger partial charge in [-0.25, -0.2) is 9.78 Å². The van der Waals surface area contributed by atoms with Gasteiger partial charge in [0, 0.05) is 6.42 Å². The fourth-order valence-electron chi connectivity index (χ4n) is 1.83. The predicted molar refractivity (Wildman–Crippen MR) is 68.4 cm³/mol. The lowest BCUT2D eigenvalue weighted by molar-refractivity contribution is 0.0693. The van der Waals surface area contributed by atoms with E-state index in [0.29, 0.717) is 11.4 Å². The van der Waals surface area contributed by atoms with Gasteiger partial charge in [-0.2, -0.15) is 0 Å². The van der Waals surface area contributed by atoms with Crippen LogP contribution in [0.3, 0.4) is 0 Å². The molecule has 0 aliphatic rings. The van der Waals surface area contributed by atoms with Crippen LogP contribution in [0, 0.1) is 5.92 Å². The maximum Gasteiger partial charge on any atom is 0.356 e. The van der Waals surface area contributed by atoms with E-state index in [-0.39, 0.29) is 5.69 Å². The lowest BCUT2D eigenvalue weighted by atomic mass is 10.1. The summed E-state index contributed by atoms with van der Waals surface area (Å²) >= 11 is 3.43. The van der Waals surface area contributed by atoms with Gasteiger partial charge in [-0.1, -0.05) is 19.9 Å². The Hall–Kier alpha value is -1.36. The minimum Gasteiger partial charge on any atom is -0.476 e. The monoisotopic (exact) mass is 296 g/mol. The van der Waals surface area contributed by atoms with Gasteiger partial charge in [0.2, 0.25) is 0 Å². The number of halogens is 1. The Morgan fingerprint density at radius 3 is 2.82 bits per heavy atom. The molecule has 0 fully saturated rings. The number of hydrogen-bond acceptors (Lipinski definition) is 2. The number of imidazole rings is 1. The SMILES string of the molecule is CC(C)Cc1nc(C(=O)O)c2cccc(Br)n12. The normalized spacial score (nSPS) is 11.3. The van der Waals surface area contributed by atoms with Crippen LogP contribution >= 0.6 is 15.9 Å². The Kier molecular flexibility index (Phi) is 3.19. The highest BCUT2D eigenvalue weighted by Crippen LogP contribution is 2.21. The van der Waals surface area contributed by atoms with Crippen molar-refractivity contribution in [3.63, 3.8) is 0 Å². The van der Waals surface area contributed by atoms with E-state index in [1.165, 1.54) is 0 Å². The number of fused-ring (bicyclic) bond motifs is 1. The van der Waals surface area contributed by atoms with Crippen LogP contribution in [0.5, 0.6) is 0 Å². The molecule has 0 aromatic carbocycles. The van der Waals surface area contributed by atoms with Gasteiger partial charge < -0.3 is 5.11 Å². The van der Waals surface area contributed by atoms with Gasteiger partial charge in [-0.15, -0.1) is 0 Å². The van der Waals surface area contributed by atoms with Crippen molar-refractivity contribution in [3.8, 4) is 0 Å². The number of nitrogens with zero attached hydrogens (tertiary/aromatic N) is 2. The molecule has 0 aliphatic carbocycles. The number of rotatable bonds is 3. The summed E-state index contributed by atoms with van der Waals surface area (Å²) in [5.41, 5.74) is 0.740. The van der Waals surface area contributed by atoms with E-state index >= 15 is 0 Å². The second kappa shape index (κ2) is 4.49. The summed E-state index contributed by atoms with van der Waals surface area (Å²) in [7, 11) is 0. The molecule has 2 aromatic heterocycles. The molecule has 4 nitrogen and oxygen atoms in total. The van der Waals surface area contributed by atoms with Gasteiger partial charge >= 0.3 is 5.97 Å². The maximum absolute atomic E-state index is 11.1. The summed E-state index contributed by atoms with van der Waals surface area (Å²) in [5.74, 6) is 0.213. The first-order chi connectivity index (χ1) is 8.00. The highest BCUT2D eigenvalue weighted by Gasteiger charge is 2.18. The van der Waals surface area contributed by atoms with Crippen molar-refractivity contribution in [2.24, 2.45) is 5.92 Å². The molecule has 0 amide bonds. The van der Waals surface area contributed by atoms with Gasteiger partial charge in [-0.05, 0) is 34.0 Å². The molecule has 2 heterocycles. The number of carboxylic acid groups (broad SMARTS) is 1. The summed E-state index contributed by atoms with van der Waals surface area (Å²) in [6.07, 6.45) is 0.747. The van der Waals surface area contributed by atoms with E-state index in [2.05, 4.69) is 34.8 Å². The first kappa shape index (κ1) is 12.1. The Bertz CT molecular complexity index is 575. The second-order valence-corrected chi connectivity index (χ2v) is 5.16. The Morgan fingerprint density at radius 1 is 1.53 bits per heavy atom. The molecule has 0 radical (unpaired) electrons. The lowest BCUT2D eigenvalue weighted by Crippen LogP contribution is -2.01. The molecular formula is C12H13BrN2O2. The quantitative estimate of drug-likeness (QED) is 0.886. The smallest absolute Gasteiger partial charge is 0.356 e. The number of carbonyl (C=O) groups is 1. The third kappa shape index (κ3) is 2.20. The molecule has 0 saturated carbocycles. The third-order valence-electron chi connectivity index (χ3n) is 2.48. The maximum atomic E-state index is 11.1. The van der Waals surface area contributed by atoms with E-state index in [4.69, 9.17) is 5.11 Å². The van der Waals surface area contributed by atoms with E-state index in [1.807, 2.05) is 16.5 Å². The van der Waals surface area contributed by atoms with Crippen LogP contribution in [0.15, 0.2) is 22.8 Å². The average molecular weight is 297 g/mol. The molecule has 0 saturated heterocycles. The zero-order chi connectivity index (χ0) is 12.6. The van der Waals surface area contributed by atoms with Crippen molar-refractivity contribution < 1.29 is 9.90 Å². The summed E-state index contributed by atoms with van der Waals surface area (Å²) < 4.78 is 2.68. The zero-order valence-corrected chi connectivity index (χ0v) is 11.2. The highest BCUT2D eigenvalue weighted by atomic mass is 79.9. The lowest BCUT2D eigenvalue weighted by Gasteiger charge is -2.05. The van der Waals surface area contributed by atoms with Crippen molar-refractivity contribution in [2.75, 3.05) is 0 Å². The van der Waals surface area contributed by atoms with Gasteiger partial charge in [0.05, 0.1) is 10.1 Å². The van der Waals surface area contributed by atoms with Crippen molar-refractivity contribution in [1.29, 1.82) is 0 Å². The van der Waals surface area contributed by atoms with Gasteiger partial charge in [0.15, 0.2) is 5.69 Å². The van der Waals surface area contributed by atoms with Crippen LogP contribution in [-0.4, -0.2) is 20.5 Å². The Labute approximate surface area is 107 Å². The van der Waals surface area contributed by atoms with Crippen LogP contribution in [-0.2, 0) is 6.42 Å². The molecule has 1 N–H and O–H groups in total. The topological polar surface area (TPSA) is 54.6 Å². The summed E-state index contributed by atoms with van der Waals surface area (Å²) in [5, 5.41) is 9.13. The van der Waals surface area contributed by atoms with Crippen molar-refractivity contribution in [3.05, 3.63) is 34.3 Å². The van der Waals surface area contributed by atoms with Crippen molar-refractivity contribution >= 4 is 27.4 Å². The largest absolute Gasteiger partial charge is 0.476 e. The van der Waals surface area contributed by atoms with E-state index < -0.39 is 5.97 Å². The first-order valence-electron chi connectivity index (χ1n) is 5.40. The fraction of sp³-hybridized carbons (Fsp3) is 0.333. The van der Waals surface area contributed by atoms with Gasteiger partial charge in [-0.3, -0.25) is 4.40 Å². The molecule has 2 rings (SSSR count). The number of hydrogen-bond donors (Lipinski definition) is 1. The summed E-state index contributed by atoms with van der Waals surface area (Å²) in [4.78, 5) is 15.4. The van der Waals surface area contributed by atoms with E-state index in [1.54, 1.807) is 6.07 Å². The second-order valence-electron chi connectivity index (χ2n) is 4.35. The van der Waals surface area contributed by atoms with E-state index in [9.17, 15) is 4.79 Å². The van der Waals surface area contributed by atoms with Crippen LogP contribution in [0.2, 0.25) is 0 Å². The van der Waals surface area contributed by atoms with Crippen LogP contribution < -0.4 is 0 Å². The molecule has 2 aromatic rings. The molecule has 5 heteroatoms. The molecule has 90 valence electrons. The Morgan fingerprint density at radius 2 is 2.24 bits per heavy atom. The predicted octanol–water partition coefficient (Wildman–Crippen LogP) is 2.99. The highest BCUT2D eigenvalue weighted by molar-refractivity contribution is 9.10. The Balaban J connectivity index is 2.71. The summed E-state index contributed by atoms with van der Waals surface area (Å²) in [6.45, 7) is 4.16. The molecule has 0 bridgehead atoms. The zero-order valence-electron chi connectivity index (χ0n) is 9.64. The molecule has 0 unspecified atom stereocenters. The number of aromatic carboxylic acids is 1. The van der Waals surface area contributed by atoms with E-state index in [0.717, 1.165) is 16.8 Å². The molecule has 0 atom stereocenters. The first-order valence-corrected chi connectivity index (χ1v) is 6.19. The fourth-order valence-corrected chi connectivity index (χ4v) is 2.37. The minimum absolute atomic E-state index is 0.113. The van der Waals surface area contributed by atoms with Gasteiger partial charge in [0.25, 0.3) is 0 Å². The van der Waals surface area contributed by atoms with Crippen molar-refractivity contribution in [1.82, 2.24) is 9.38 Å². The standard InChI is InChI=1S/C12H13BrN2O2/c1-7(2)6-10-14-11(12(16)17)8-4-3-5-9(13)15(8)10/h3-5,7H,6H2,1-2H3,(H,16,17). The van der Waals surface area contributed by atoms with Crippen LogP contribution in [0.4, 0.5) is 0 Å². The van der Waals surface area contributed by atoms with Gasteiger partial charge in [0.1, 0.15) is 5.82 Å².